The van der Waals surface area contributed by atoms with Crippen LogP contribution in [-0.4, -0.2) is 16.6 Å². The second-order valence-electron chi connectivity index (χ2n) is 5.05. The van der Waals surface area contributed by atoms with Crippen molar-refractivity contribution in [1.29, 1.82) is 0 Å². The zero-order valence-electron chi connectivity index (χ0n) is 11.6. The van der Waals surface area contributed by atoms with Crippen LogP contribution in [0.2, 0.25) is 0 Å². The van der Waals surface area contributed by atoms with Gasteiger partial charge >= 0.3 is 5.97 Å². The van der Waals surface area contributed by atoms with Crippen LogP contribution in [0.15, 0.2) is 24.3 Å². The number of aliphatic carboxylic acids is 1. The first kappa shape index (κ1) is 15.5. The van der Waals surface area contributed by atoms with Gasteiger partial charge in [0.2, 0.25) is 0 Å². The van der Waals surface area contributed by atoms with E-state index >= 15 is 0 Å². The largest absolute Gasteiger partial charge is 0.480 e. The molecule has 0 saturated heterocycles. The Morgan fingerprint density at radius 1 is 1.32 bits per heavy atom. The summed E-state index contributed by atoms with van der Waals surface area (Å²) in [5.74, 6) is -1.38. The molecule has 0 saturated carbocycles. The van der Waals surface area contributed by atoms with E-state index in [0.717, 1.165) is 25.7 Å². The molecule has 0 aromatic heterocycles. The number of hydrogen-bond acceptors (Lipinski definition) is 2. The van der Waals surface area contributed by atoms with Gasteiger partial charge in [-0.2, -0.15) is 0 Å². The second-order valence-corrected chi connectivity index (χ2v) is 5.05. The second kappa shape index (κ2) is 7.12. The monoisotopic (exact) mass is 267 g/mol. The number of unbranched alkanes of at least 4 members (excludes halogenated alkanes) is 3. The molecule has 3 nitrogen and oxygen atoms in total. The number of rotatable bonds is 8. The summed E-state index contributed by atoms with van der Waals surface area (Å²) in [5.41, 5.74) is -0.890. The predicted octanol–water partition coefficient (Wildman–Crippen LogP) is 4.05. The topological polar surface area (TPSA) is 49.3 Å². The number of halogens is 1. The molecule has 0 aliphatic carbocycles. The molecular weight excluding hydrogens is 245 g/mol. The third-order valence-corrected chi connectivity index (χ3v) is 3.29. The molecule has 0 spiro atoms. The van der Waals surface area contributed by atoms with Gasteiger partial charge in [-0.15, -0.1) is 0 Å². The van der Waals surface area contributed by atoms with E-state index in [4.69, 9.17) is 0 Å². The summed E-state index contributed by atoms with van der Waals surface area (Å²) in [6.07, 6.45) is 4.49. The number of benzene rings is 1. The number of carbonyl (C=O) groups is 1. The summed E-state index contributed by atoms with van der Waals surface area (Å²) in [7, 11) is 0. The smallest absolute Gasteiger partial charge is 0.329 e. The SMILES string of the molecule is CCCCCCC(C)(Nc1ccccc1F)C(=O)O. The van der Waals surface area contributed by atoms with Crippen molar-refractivity contribution in [2.45, 2.75) is 51.5 Å². The van der Waals surface area contributed by atoms with Gasteiger partial charge in [0.05, 0.1) is 5.69 Å². The van der Waals surface area contributed by atoms with E-state index in [9.17, 15) is 14.3 Å². The lowest BCUT2D eigenvalue weighted by atomic mass is 9.93. The molecule has 1 atom stereocenters. The van der Waals surface area contributed by atoms with Gasteiger partial charge in [-0.25, -0.2) is 9.18 Å². The highest BCUT2D eigenvalue weighted by Gasteiger charge is 2.32. The lowest BCUT2D eigenvalue weighted by molar-refractivity contribution is -0.142. The van der Waals surface area contributed by atoms with E-state index < -0.39 is 17.3 Å². The van der Waals surface area contributed by atoms with Gasteiger partial charge in [0.15, 0.2) is 0 Å². The van der Waals surface area contributed by atoms with Crippen molar-refractivity contribution in [1.82, 2.24) is 0 Å². The minimum atomic E-state index is -1.13. The minimum absolute atomic E-state index is 0.239. The molecule has 0 aliphatic rings. The van der Waals surface area contributed by atoms with Gasteiger partial charge < -0.3 is 10.4 Å². The van der Waals surface area contributed by atoms with E-state index in [1.54, 1.807) is 25.1 Å². The number of hydrogen-bond donors (Lipinski definition) is 2. The Kier molecular flexibility index (Phi) is 5.80. The summed E-state index contributed by atoms with van der Waals surface area (Å²) >= 11 is 0. The van der Waals surface area contributed by atoms with Gasteiger partial charge in [0.25, 0.3) is 0 Å². The zero-order valence-corrected chi connectivity index (χ0v) is 11.6. The first-order chi connectivity index (χ1) is 8.99. The first-order valence-corrected chi connectivity index (χ1v) is 6.75. The highest BCUT2D eigenvalue weighted by atomic mass is 19.1. The third-order valence-electron chi connectivity index (χ3n) is 3.29. The molecule has 106 valence electrons. The molecule has 0 fully saturated rings. The average Bonchev–Trinajstić information content (AvgIpc) is 2.37. The standard InChI is InChI=1S/C15H22FNO2/c1-3-4-5-8-11-15(2,14(18)19)17-13-10-7-6-9-12(13)16/h6-7,9-10,17H,3-5,8,11H2,1-2H3,(H,18,19). The highest BCUT2D eigenvalue weighted by molar-refractivity contribution is 5.82. The van der Waals surface area contributed by atoms with Crippen molar-refractivity contribution in [3.8, 4) is 0 Å². The Bertz CT molecular complexity index is 422. The maximum Gasteiger partial charge on any atom is 0.329 e. The quantitative estimate of drug-likeness (QED) is 0.698. The molecule has 1 aromatic rings. The number of carboxylic acid groups (broad SMARTS) is 1. The summed E-state index contributed by atoms with van der Waals surface area (Å²) < 4.78 is 13.6. The van der Waals surface area contributed by atoms with Gasteiger partial charge in [-0.1, -0.05) is 44.7 Å². The van der Waals surface area contributed by atoms with Crippen molar-refractivity contribution in [2.24, 2.45) is 0 Å². The Morgan fingerprint density at radius 3 is 2.58 bits per heavy atom. The highest BCUT2D eigenvalue weighted by Crippen LogP contribution is 2.24. The maximum absolute atomic E-state index is 13.6. The molecule has 1 rings (SSSR count). The van der Waals surface area contributed by atoms with Crippen LogP contribution in [0.1, 0.15) is 46.0 Å². The molecule has 0 bridgehead atoms. The number of anilines is 1. The van der Waals surface area contributed by atoms with Gasteiger partial charge in [-0.3, -0.25) is 0 Å². The van der Waals surface area contributed by atoms with Gasteiger partial charge in [0.1, 0.15) is 11.4 Å². The zero-order chi connectivity index (χ0) is 14.3. The normalized spacial score (nSPS) is 13.8. The number of carboxylic acids is 1. The maximum atomic E-state index is 13.6. The fourth-order valence-electron chi connectivity index (χ4n) is 1.99. The average molecular weight is 267 g/mol. The summed E-state index contributed by atoms with van der Waals surface area (Å²) in [5, 5.41) is 12.2. The van der Waals surface area contributed by atoms with Crippen molar-refractivity contribution in [2.75, 3.05) is 5.32 Å². The minimum Gasteiger partial charge on any atom is -0.480 e. The van der Waals surface area contributed by atoms with Crippen LogP contribution in [0, 0.1) is 5.82 Å². The van der Waals surface area contributed by atoms with E-state index in [2.05, 4.69) is 12.2 Å². The lowest BCUT2D eigenvalue weighted by Crippen LogP contribution is -2.43. The van der Waals surface area contributed by atoms with E-state index in [1.807, 2.05) is 0 Å². The molecule has 0 amide bonds. The van der Waals surface area contributed by atoms with Crippen LogP contribution in [-0.2, 0) is 4.79 Å². The van der Waals surface area contributed by atoms with Crippen LogP contribution in [0.4, 0.5) is 10.1 Å². The Balaban J connectivity index is 2.71. The van der Waals surface area contributed by atoms with E-state index in [-0.39, 0.29) is 5.69 Å². The van der Waals surface area contributed by atoms with Crippen molar-refractivity contribution in [3.05, 3.63) is 30.1 Å². The third kappa shape index (κ3) is 4.54. The molecule has 1 unspecified atom stereocenters. The molecule has 1 aromatic carbocycles. The molecule has 0 aliphatic heterocycles. The van der Waals surface area contributed by atoms with E-state index in [0.29, 0.717) is 6.42 Å². The van der Waals surface area contributed by atoms with Gasteiger partial charge in [-0.05, 0) is 25.5 Å². The van der Waals surface area contributed by atoms with Crippen LogP contribution in [0.5, 0.6) is 0 Å². The molecule has 0 heterocycles. The summed E-state index contributed by atoms with van der Waals surface area (Å²) in [6, 6.07) is 6.15. The molecule has 2 N–H and O–H groups in total. The Labute approximate surface area is 113 Å². The van der Waals surface area contributed by atoms with Crippen LogP contribution < -0.4 is 5.32 Å². The molecule has 0 radical (unpaired) electrons. The summed E-state index contributed by atoms with van der Waals surface area (Å²) in [4.78, 5) is 11.4. The van der Waals surface area contributed by atoms with E-state index in [1.165, 1.54) is 6.07 Å². The Morgan fingerprint density at radius 2 is 2.00 bits per heavy atom. The lowest BCUT2D eigenvalue weighted by Gasteiger charge is -2.27. The fourth-order valence-corrected chi connectivity index (χ4v) is 1.99. The van der Waals surface area contributed by atoms with Crippen molar-refractivity contribution in [3.63, 3.8) is 0 Å². The predicted molar refractivity (Wildman–Crippen MR) is 74.8 cm³/mol. The van der Waals surface area contributed by atoms with Crippen molar-refractivity contribution < 1.29 is 14.3 Å². The summed E-state index contributed by atoms with van der Waals surface area (Å²) in [6.45, 7) is 3.71. The number of para-hydroxylation sites is 1. The van der Waals surface area contributed by atoms with Crippen molar-refractivity contribution >= 4 is 11.7 Å². The fraction of sp³-hybridized carbons (Fsp3) is 0.533. The molecule has 19 heavy (non-hydrogen) atoms. The van der Waals surface area contributed by atoms with Gasteiger partial charge in [0, 0.05) is 0 Å². The molecule has 4 heteroatoms. The Hall–Kier alpha value is -1.58. The molecular formula is C15H22FNO2. The first-order valence-electron chi connectivity index (χ1n) is 6.75. The van der Waals surface area contributed by atoms with Crippen LogP contribution in [0.25, 0.3) is 0 Å². The van der Waals surface area contributed by atoms with Crippen LogP contribution >= 0.6 is 0 Å². The number of nitrogens with one attached hydrogen (secondary N) is 1. The van der Waals surface area contributed by atoms with Crippen LogP contribution in [0.3, 0.4) is 0 Å².